The van der Waals surface area contributed by atoms with Crippen LogP contribution in [-0.4, -0.2) is 64.4 Å². The van der Waals surface area contributed by atoms with E-state index in [1.807, 2.05) is 30.3 Å². The van der Waals surface area contributed by atoms with Gasteiger partial charge in [-0.25, -0.2) is 4.79 Å². The van der Waals surface area contributed by atoms with Crippen LogP contribution in [0.1, 0.15) is 44.6 Å². The van der Waals surface area contributed by atoms with Crippen LogP contribution in [0.3, 0.4) is 0 Å². The van der Waals surface area contributed by atoms with Gasteiger partial charge in [-0.2, -0.15) is 12.6 Å². The molecule has 2 fully saturated rings. The highest BCUT2D eigenvalue weighted by Gasteiger charge is 2.49. The number of hydrogen-bond acceptors (Lipinski definition) is 6. The van der Waals surface area contributed by atoms with E-state index in [1.54, 1.807) is 11.8 Å². The van der Waals surface area contributed by atoms with Crippen molar-refractivity contribution in [2.24, 2.45) is 5.92 Å². The predicted molar refractivity (Wildman–Crippen MR) is 120 cm³/mol. The van der Waals surface area contributed by atoms with Crippen LogP contribution in [-0.2, 0) is 25.5 Å². The average molecular weight is 449 g/mol. The number of amides is 1. The van der Waals surface area contributed by atoms with Crippen molar-refractivity contribution in [2.75, 3.05) is 12.4 Å². The number of benzene rings is 1. The number of thiol groups is 1. The number of fused-ring (bicyclic) bond motifs is 1. The monoisotopic (exact) mass is 448 g/mol. The molecule has 1 aromatic carbocycles. The van der Waals surface area contributed by atoms with E-state index in [-0.39, 0.29) is 24.5 Å². The third kappa shape index (κ3) is 5.80. The summed E-state index contributed by atoms with van der Waals surface area (Å²) >= 11 is 4.08. The van der Waals surface area contributed by atoms with Gasteiger partial charge in [-0.3, -0.25) is 14.9 Å². The van der Waals surface area contributed by atoms with Gasteiger partial charge < -0.3 is 14.7 Å². The van der Waals surface area contributed by atoms with E-state index in [2.05, 4.69) is 17.9 Å². The lowest BCUT2D eigenvalue weighted by Crippen LogP contribution is -2.55. The summed E-state index contributed by atoms with van der Waals surface area (Å²) in [6.45, 7) is 1.90. The molecule has 3 rings (SSSR count). The number of ether oxygens (including phenoxy) is 1. The SMILES string of the molecule is CC(NC(CCc1ccccc1)C(=O)OCCS)C(=O)N1C(C(=O)O)CC2CCCC21. The molecule has 170 valence electrons. The number of carbonyl (C=O) groups excluding carboxylic acids is 2. The first-order valence-corrected chi connectivity index (χ1v) is 11.7. The summed E-state index contributed by atoms with van der Waals surface area (Å²) in [7, 11) is 0. The maximum Gasteiger partial charge on any atom is 0.326 e. The molecule has 8 heteroatoms. The molecule has 0 aromatic heterocycles. The summed E-state index contributed by atoms with van der Waals surface area (Å²) in [5, 5.41) is 12.8. The lowest BCUT2D eigenvalue weighted by atomic mass is 10.0. The Morgan fingerprint density at radius 2 is 2.00 bits per heavy atom. The Labute approximate surface area is 188 Å². The first-order chi connectivity index (χ1) is 14.9. The molecule has 1 saturated carbocycles. The second-order valence-corrected chi connectivity index (χ2v) is 8.90. The maximum atomic E-state index is 13.3. The Morgan fingerprint density at radius 3 is 2.68 bits per heavy atom. The molecule has 31 heavy (non-hydrogen) atoms. The molecule has 1 heterocycles. The van der Waals surface area contributed by atoms with Gasteiger partial charge in [0.1, 0.15) is 18.7 Å². The number of nitrogens with zero attached hydrogens (tertiary/aromatic N) is 1. The van der Waals surface area contributed by atoms with Gasteiger partial charge in [-0.05, 0) is 50.5 Å². The minimum Gasteiger partial charge on any atom is -0.480 e. The highest BCUT2D eigenvalue weighted by molar-refractivity contribution is 7.80. The first-order valence-electron chi connectivity index (χ1n) is 11.0. The van der Waals surface area contributed by atoms with Crippen molar-refractivity contribution in [1.29, 1.82) is 0 Å². The summed E-state index contributed by atoms with van der Waals surface area (Å²) in [6, 6.07) is 7.66. The molecule has 1 aliphatic carbocycles. The Bertz CT molecular complexity index is 774. The van der Waals surface area contributed by atoms with Crippen molar-refractivity contribution in [3.8, 4) is 0 Å². The van der Waals surface area contributed by atoms with Gasteiger partial charge in [-0.15, -0.1) is 0 Å². The molecule has 2 N–H and O–H groups in total. The van der Waals surface area contributed by atoms with Gasteiger partial charge in [0.05, 0.1) is 6.04 Å². The summed E-state index contributed by atoms with van der Waals surface area (Å²) in [5.41, 5.74) is 1.09. The normalized spacial score (nSPS) is 24.5. The lowest BCUT2D eigenvalue weighted by molar-refractivity contribution is -0.151. The molecule has 5 atom stereocenters. The zero-order valence-electron chi connectivity index (χ0n) is 17.9. The molecular formula is C23H32N2O5S. The topological polar surface area (TPSA) is 95.9 Å². The largest absolute Gasteiger partial charge is 0.480 e. The summed E-state index contributed by atoms with van der Waals surface area (Å²) < 4.78 is 5.28. The number of likely N-dealkylation sites (tertiary alicyclic amines) is 1. The lowest BCUT2D eigenvalue weighted by Gasteiger charge is -2.31. The second-order valence-electron chi connectivity index (χ2n) is 8.45. The minimum atomic E-state index is -0.955. The Morgan fingerprint density at radius 1 is 1.26 bits per heavy atom. The van der Waals surface area contributed by atoms with Crippen LogP contribution in [0.25, 0.3) is 0 Å². The van der Waals surface area contributed by atoms with Crippen LogP contribution >= 0.6 is 12.6 Å². The third-order valence-corrected chi connectivity index (χ3v) is 6.57. The van der Waals surface area contributed by atoms with Crippen LogP contribution < -0.4 is 5.32 Å². The molecule has 1 saturated heterocycles. The number of aryl methyl sites for hydroxylation is 1. The second kappa shape index (κ2) is 11.0. The molecule has 1 aliphatic heterocycles. The zero-order chi connectivity index (χ0) is 22.4. The zero-order valence-corrected chi connectivity index (χ0v) is 18.8. The molecule has 2 aliphatic rings. The number of aliphatic carboxylic acids is 1. The quantitative estimate of drug-likeness (QED) is 0.376. The number of carboxylic acid groups (broad SMARTS) is 1. The highest BCUT2D eigenvalue weighted by Crippen LogP contribution is 2.41. The van der Waals surface area contributed by atoms with Crippen molar-refractivity contribution in [1.82, 2.24) is 10.2 Å². The number of nitrogens with one attached hydrogen (secondary N) is 1. The number of carbonyl (C=O) groups is 3. The number of hydrogen-bond donors (Lipinski definition) is 3. The van der Waals surface area contributed by atoms with Crippen LogP contribution in [0.4, 0.5) is 0 Å². The van der Waals surface area contributed by atoms with E-state index in [1.165, 1.54) is 0 Å². The van der Waals surface area contributed by atoms with Gasteiger partial charge in [-0.1, -0.05) is 36.8 Å². The smallest absolute Gasteiger partial charge is 0.326 e. The summed E-state index contributed by atoms with van der Waals surface area (Å²) in [4.78, 5) is 39.2. The molecule has 1 amide bonds. The van der Waals surface area contributed by atoms with Gasteiger partial charge >= 0.3 is 11.9 Å². The maximum absolute atomic E-state index is 13.3. The van der Waals surface area contributed by atoms with Crippen LogP contribution in [0.2, 0.25) is 0 Å². The van der Waals surface area contributed by atoms with Gasteiger partial charge in [0.15, 0.2) is 0 Å². The molecule has 0 bridgehead atoms. The fourth-order valence-corrected chi connectivity index (χ4v) is 4.99. The van der Waals surface area contributed by atoms with Crippen molar-refractivity contribution < 1.29 is 24.2 Å². The standard InChI is InChI=1S/C23H32N2O5S/c1-15(21(26)25-19-9-5-8-17(19)14-20(25)22(27)28)24-18(23(29)30-12-13-31)11-10-16-6-3-2-4-7-16/h2-4,6-7,15,17-20,24,31H,5,8-14H2,1H3,(H,27,28). The number of esters is 1. The molecular weight excluding hydrogens is 416 g/mol. The van der Waals surface area contributed by atoms with E-state index in [0.29, 0.717) is 25.0 Å². The molecule has 7 nitrogen and oxygen atoms in total. The van der Waals surface area contributed by atoms with Gasteiger partial charge in [0.25, 0.3) is 0 Å². The molecule has 1 aromatic rings. The van der Waals surface area contributed by atoms with Crippen molar-refractivity contribution in [3.05, 3.63) is 35.9 Å². The minimum absolute atomic E-state index is 0.0169. The number of rotatable bonds is 10. The van der Waals surface area contributed by atoms with E-state index < -0.39 is 30.1 Å². The summed E-state index contributed by atoms with van der Waals surface area (Å²) in [5.74, 6) is -0.953. The molecule has 0 radical (unpaired) electrons. The van der Waals surface area contributed by atoms with E-state index >= 15 is 0 Å². The number of carboxylic acids is 1. The Hall–Kier alpha value is -2.06. The van der Waals surface area contributed by atoms with Gasteiger partial charge in [0.2, 0.25) is 5.91 Å². The van der Waals surface area contributed by atoms with E-state index in [0.717, 1.165) is 24.8 Å². The first kappa shape index (κ1) is 23.6. The Balaban J connectivity index is 1.68. The van der Waals surface area contributed by atoms with Crippen LogP contribution in [0.15, 0.2) is 30.3 Å². The van der Waals surface area contributed by atoms with Gasteiger partial charge in [0, 0.05) is 11.8 Å². The fraction of sp³-hybridized carbons (Fsp3) is 0.609. The predicted octanol–water partition coefficient (Wildman–Crippen LogP) is 2.29. The van der Waals surface area contributed by atoms with Crippen molar-refractivity contribution in [3.63, 3.8) is 0 Å². The third-order valence-electron chi connectivity index (χ3n) is 6.38. The van der Waals surface area contributed by atoms with E-state index in [4.69, 9.17) is 4.74 Å². The molecule has 0 spiro atoms. The van der Waals surface area contributed by atoms with E-state index in [9.17, 15) is 19.5 Å². The van der Waals surface area contributed by atoms with Crippen molar-refractivity contribution >= 4 is 30.5 Å². The highest BCUT2D eigenvalue weighted by atomic mass is 32.1. The van der Waals surface area contributed by atoms with Crippen LogP contribution in [0, 0.1) is 5.92 Å². The van der Waals surface area contributed by atoms with Crippen molar-refractivity contribution in [2.45, 2.75) is 69.6 Å². The van der Waals surface area contributed by atoms with Crippen LogP contribution in [0.5, 0.6) is 0 Å². The fourth-order valence-electron chi connectivity index (χ4n) is 4.90. The summed E-state index contributed by atoms with van der Waals surface area (Å²) in [6.07, 6.45) is 4.47. The Kier molecular flexibility index (Phi) is 8.37. The molecule has 5 unspecified atom stereocenters. The average Bonchev–Trinajstić information content (AvgIpc) is 3.36.